The van der Waals surface area contributed by atoms with Crippen molar-refractivity contribution in [3.8, 4) is 5.75 Å². The Labute approximate surface area is 120 Å². The lowest BCUT2D eigenvalue weighted by Gasteiger charge is -2.27. The highest BCUT2D eigenvalue weighted by molar-refractivity contribution is 6.42. The van der Waals surface area contributed by atoms with Gasteiger partial charge in [-0.1, -0.05) is 47.5 Å². The maximum Gasteiger partial charge on any atom is 0.258 e. The first-order chi connectivity index (χ1) is 9.16. The number of para-hydroxylation sites is 1. The Morgan fingerprint density at radius 1 is 1.05 bits per heavy atom. The maximum absolute atomic E-state index is 12.0. The van der Waals surface area contributed by atoms with Gasteiger partial charge in [0.25, 0.3) is 5.91 Å². The fraction of sp³-hybridized carbons (Fsp3) is 0.0714. The van der Waals surface area contributed by atoms with Crippen LogP contribution in [-0.4, -0.2) is 5.91 Å². The molecule has 0 radical (unpaired) electrons. The van der Waals surface area contributed by atoms with Gasteiger partial charge >= 0.3 is 0 Å². The van der Waals surface area contributed by atoms with Crippen LogP contribution in [0.2, 0.25) is 10.0 Å². The van der Waals surface area contributed by atoms with Crippen molar-refractivity contribution in [1.29, 1.82) is 0 Å². The van der Waals surface area contributed by atoms with E-state index in [2.05, 4.69) is 5.32 Å². The number of ether oxygens (including phenoxy) is 1. The molecule has 1 aliphatic rings. The fourth-order valence-electron chi connectivity index (χ4n) is 1.97. The van der Waals surface area contributed by atoms with Crippen LogP contribution in [0.5, 0.6) is 5.75 Å². The van der Waals surface area contributed by atoms with E-state index >= 15 is 0 Å². The molecule has 0 saturated carbocycles. The van der Waals surface area contributed by atoms with E-state index in [9.17, 15) is 4.79 Å². The first-order valence-corrected chi connectivity index (χ1v) is 6.43. The molecular weight excluding hydrogens is 285 g/mol. The van der Waals surface area contributed by atoms with Gasteiger partial charge in [-0.3, -0.25) is 4.79 Å². The van der Waals surface area contributed by atoms with Crippen LogP contribution >= 0.6 is 23.2 Å². The minimum absolute atomic E-state index is 0.192. The van der Waals surface area contributed by atoms with E-state index in [0.717, 1.165) is 0 Å². The molecule has 2 aromatic rings. The van der Waals surface area contributed by atoms with Crippen LogP contribution in [-0.2, 0) is 0 Å². The molecule has 0 aliphatic carbocycles. The molecule has 3 rings (SSSR count). The molecule has 0 spiro atoms. The van der Waals surface area contributed by atoms with E-state index in [0.29, 0.717) is 26.9 Å². The zero-order valence-electron chi connectivity index (χ0n) is 9.69. The summed E-state index contributed by atoms with van der Waals surface area (Å²) < 4.78 is 5.75. The zero-order chi connectivity index (χ0) is 13.4. The molecule has 1 N–H and O–H groups in total. The van der Waals surface area contributed by atoms with Crippen molar-refractivity contribution in [3.63, 3.8) is 0 Å². The van der Waals surface area contributed by atoms with Gasteiger partial charge in [0.1, 0.15) is 5.75 Å². The molecule has 0 saturated heterocycles. The predicted octanol–water partition coefficient (Wildman–Crippen LogP) is 3.81. The number of nitrogens with one attached hydrogen (secondary N) is 1. The molecular formula is C14H9Cl2NO2. The second-order valence-electron chi connectivity index (χ2n) is 4.11. The van der Waals surface area contributed by atoms with Crippen LogP contribution in [0.25, 0.3) is 0 Å². The highest BCUT2D eigenvalue weighted by Gasteiger charge is 2.27. The van der Waals surface area contributed by atoms with Gasteiger partial charge in [0, 0.05) is 5.56 Å². The summed E-state index contributed by atoms with van der Waals surface area (Å²) in [5.74, 6) is 0.343. The number of rotatable bonds is 1. The zero-order valence-corrected chi connectivity index (χ0v) is 11.2. The minimum Gasteiger partial charge on any atom is -0.466 e. The van der Waals surface area contributed by atoms with Crippen LogP contribution in [0.15, 0.2) is 42.5 Å². The first kappa shape index (κ1) is 12.3. The Kier molecular flexibility index (Phi) is 3.09. The van der Waals surface area contributed by atoms with Crippen LogP contribution < -0.4 is 10.1 Å². The molecule has 3 nitrogen and oxygen atoms in total. The summed E-state index contributed by atoms with van der Waals surface area (Å²) in [4.78, 5) is 12.0. The van der Waals surface area contributed by atoms with E-state index in [4.69, 9.17) is 27.9 Å². The molecule has 0 fully saturated rings. The number of carbonyl (C=O) groups excluding carboxylic acids is 1. The fourth-order valence-corrected chi connectivity index (χ4v) is 2.38. The number of hydrogen-bond donors (Lipinski definition) is 1. The van der Waals surface area contributed by atoms with Crippen molar-refractivity contribution in [3.05, 3.63) is 63.6 Å². The predicted molar refractivity (Wildman–Crippen MR) is 73.7 cm³/mol. The van der Waals surface area contributed by atoms with Crippen molar-refractivity contribution in [2.45, 2.75) is 6.23 Å². The van der Waals surface area contributed by atoms with E-state index in [1.165, 1.54) is 0 Å². The number of amides is 1. The van der Waals surface area contributed by atoms with Gasteiger partial charge in [0.05, 0.1) is 15.6 Å². The third kappa shape index (κ3) is 2.15. The van der Waals surface area contributed by atoms with Crippen molar-refractivity contribution in [2.24, 2.45) is 0 Å². The van der Waals surface area contributed by atoms with Gasteiger partial charge in [0.2, 0.25) is 0 Å². The molecule has 0 aromatic heterocycles. The Hall–Kier alpha value is -1.71. The average Bonchev–Trinajstić information content (AvgIpc) is 2.42. The summed E-state index contributed by atoms with van der Waals surface area (Å²) >= 11 is 12.1. The number of hydrogen-bond acceptors (Lipinski definition) is 2. The molecule has 1 aliphatic heterocycles. The van der Waals surface area contributed by atoms with Crippen molar-refractivity contribution in [2.75, 3.05) is 0 Å². The molecule has 0 unspecified atom stereocenters. The van der Waals surface area contributed by atoms with Crippen LogP contribution in [0.1, 0.15) is 22.1 Å². The largest absolute Gasteiger partial charge is 0.466 e. The van der Waals surface area contributed by atoms with Gasteiger partial charge < -0.3 is 10.1 Å². The van der Waals surface area contributed by atoms with E-state index in [-0.39, 0.29) is 5.91 Å². The van der Waals surface area contributed by atoms with Crippen molar-refractivity contribution < 1.29 is 9.53 Å². The second kappa shape index (κ2) is 4.76. The summed E-state index contributed by atoms with van der Waals surface area (Å²) in [6.45, 7) is 0. The Balaban J connectivity index is 2.02. The molecule has 1 atom stereocenters. The maximum atomic E-state index is 12.0. The third-order valence-corrected chi connectivity index (χ3v) is 3.74. The summed E-state index contributed by atoms with van der Waals surface area (Å²) in [6, 6.07) is 12.3. The normalized spacial score (nSPS) is 17.4. The SMILES string of the molecule is O=C1N[C@@H](c2cccc(Cl)c2Cl)Oc2ccccc21. The lowest BCUT2D eigenvalue weighted by Crippen LogP contribution is -2.36. The van der Waals surface area contributed by atoms with Gasteiger partial charge in [-0.05, 0) is 18.2 Å². The van der Waals surface area contributed by atoms with Crippen molar-refractivity contribution in [1.82, 2.24) is 5.32 Å². The number of fused-ring (bicyclic) bond motifs is 1. The van der Waals surface area contributed by atoms with E-state index in [1.807, 2.05) is 6.07 Å². The monoisotopic (exact) mass is 293 g/mol. The highest BCUT2D eigenvalue weighted by Crippen LogP contribution is 2.34. The summed E-state index contributed by atoms with van der Waals surface area (Å²) in [5, 5.41) is 3.56. The van der Waals surface area contributed by atoms with Gasteiger partial charge in [-0.25, -0.2) is 0 Å². The van der Waals surface area contributed by atoms with Crippen LogP contribution in [0, 0.1) is 0 Å². The summed E-state index contributed by atoms with van der Waals surface area (Å²) in [5.41, 5.74) is 1.15. The van der Waals surface area contributed by atoms with Gasteiger partial charge in [-0.2, -0.15) is 0 Å². The molecule has 2 aromatic carbocycles. The number of carbonyl (C=O) groups is 1. The molecule has 19 heavy (non-hydrogen) atoms. The van der Waals surface area contributed by atoms with Gasteiger partial charge in [0.15, 0.2) is 6.23 Å². The highest BCUT2D eigenvalue weighted by atomic mass is 35.5. The van der Waals surface area contributed by atoms with E-state index in [1.54, 1.807) is 36.4 Å². The summed E-state index contributed by atoms with van der Waals surface area (Å²) in [6.07, 6.45) is -0.631. The standard InChI is InChI=1S/C14H9Cl2NO2/c15-10-6-3-5-9(12(10)16)14-17-13(18)8-4-1-2-7-11(8)19-14/h1-7,14H,(H,17,18)/t14-/m1/s1. The smallest absolute Gasteiger partial charge is 0.258 e. The first-order valence-electron chi connectivity index (χ1n) is 5.67. The second-order valence-corrected chi connectivity index (χ2v) is 4.90. The van der Waals surface area contributed by atoms with Crippen LogP contribution in [0.3, 0.4) is 0 Å². The van der Waals surface area contributed by atoms with Crippen LogP contribution in [0.4, 0.5) is 0 Å². The molecule has 0 bridgehead atoms. The third-order valence-electron chi connectivity index (χ3n) is 2.90. The quantitative estimate of drug-likeness (QED) is 0.868. The minimum atomic E-state index is -0.631. The lowest BCUT2D eigenvalue weighted by atomic mass is 10.1. The molecule has 96 valence electrons. The average molecular weight is 294 g/mol. The number of benzene rings is 2. The molecule has 1 amide bonds. The van der Waals surface area contributed by atoms with E-state index < -0.39 is 6.23 Å². The lowest BCUT2D eigenvalue weighted by molar-refractivity contribution is 0.0756. The molecule has 5 heteroatoms. The van der Waals surface area contributed by atoms with Crippen molar-refractivity contribution >= 4 is 29.1 Å². The molecule has 1 heterocycles. The summed E-state index contributed by atoms with van der Waals surface area (Å²) in [7, 11) is 0. The Morgan fingerprint density at radius 2 is 1.84 bits per heavy atom. The number of halogens is 2. The topological polar surface area (TPSA) is 38.3 Å². The Bertz CT molecular complexity index is 658. The Morgan fingerprint density at radius 3 is 2.68 bits per heavy atom. The van der Waals surface area contributed by atoms with Gasteiger partial charge in [-0.15, -0.1) is 0 Å².